The Morgan fingerprint density at radius 2 is 1.96 bits per heavy atom. The van der Waals surface area contributed by atoms with E-state index in [0.29, 0.717) is 24.7 Å². The number of carbonyl (C=O) groups is 1. The van der Waals surface area contributed by atoms with E-state index in [0.717, 1.165) is 18.2 Å². The van der Waals surface area contributed by atoms with Gasteiger partial charge in [0.25, 0.3) is 0 Å². The number of rotatable bonds is 8. The van der Waals surface area contributed by atoms with Crippen LogP contribution in [-0.2, 0) is 11.0 Å². The maximum atomic E-state index is 12.8. The molecule has 0 heterocycles. The molecule has 0 unspecified atom stereocenters. The van der Waals surface area contributed by atoms with Crippen molar-refractivity contribution in [3.63, 3.8) is 0 Å². The molecule has 24 heavy (non-hydrogen) atoms. The Labute approximate surface area is 147 Å². The van der Waals surface area contributed by atoms with E-state index in [1.165, 1.54) is 0 Å². The Bertz CT molecular complexity index is 528. The molecule has 10 heteroatoms. The van der Waals surface area contributed by atoms with Crippen LogP contribution < -0.4 is 10.6 Å². The Hall–Kier alpha value is -1.06. The fourth-order valence-corrected chi connectivity index (χ4v) is 2.46. The smallest absolute Gasteiger partial charge is 0.325 e. The van der Waals surface area contributed by atoms with Crippen LogP contribution in [0.25, 0.3) is 0 Å². The van der Waals surface area contributed by atoms with E-state index in [1.54, 1.807) is 7.05 Å². The average molecular weight is 393 g/mol. The third-order valence-electron chi connectivity index (χ3n) is 2.78. The molecule has 0 fully saturated rings. The van der Waals surface area contributed by atoms with Crippen LogP contribution in [0.5, 0.6) is 0 Å². The minimum absolute atomic E-state index is 0. The number of halogens is 6. The first kappa shape index (κ1) is 22.9. The van der Waals surface area contributed by atoms with Gasteiger partial charge in [-0.15, -0.1) is 24.2 Å². The third-order valence-corrected chi connectivity index (χ3v) is 3.86. The van der Waals surface area contributed by atoms with E-state index < -0.39 is 29.8 Å². The summed E-state index contributed by atoms with van der Waals surface area (Å²) in [5.74, 6) is -1.02. The van der Waals surface area contributed by atoms with Crippen LogP contribution >= 0.6 is 24.2 Å². The highest BCUT2D eigenvalue weighted by Gasteiger charge is 2.31. The van der Waals surface area contributed by atoms with E-state index >= 15 is 0 Å². The molecule has 0 spiro atoms. The van der Waals surface area contributed by atoms with Gasteiger partial charge >= 0.3 is 6.18 Å². The number of hydrogen-bond acceptors (Lipinski definition) is 3. The van der Waals surface area contributed by atoms with Gasteiger partial charge in [-0.05, 0) is 38.2 Å². The second kappa shape index (κ2) is 10.7. The summed E-state index contributed by atoms with van der Waals surface area (Å²) in [4.78, 5) is 11.9. The minimum atomic E-state index is -4.57. The second-order valence-electron chi connectivity index (χ2n) is 4.67. The molecule has 2 N–H and O–H groups in total. The van der Waals surface area contributed by atoms with Crippen molar-refractivity contribution in [3.05, 3.63) is 23.8 Å². The van der Waals surface area contributed by atoms with Gasteiger partial charge in [-0.3, -0.25) is 4.79 Å². The molecule has 0 radical (unpaired) electrons. The minimum Gasteiger partial charge on any atom is -0.325 e. The summed E-state index contributed by atoms with van der Waals surface area (Å²) in [7, 11) is 1.71. The first-order chi connectivity index (χ1) is 10.7. The Kier molecular flexibility index (Phi) is 10.3. The summed E-state index contributed by atoms with van der Waals surface area (Å²) in [5.41, 5.74) is -1.04. The lowest BCUT2D eigenvalue weighted by molar-refractivity contribution is -0.137. The van der Waals surface area contributed by atoms with Crippen LogP contribution in [0.15, 0.2) is 23.1 Å². The molecular weight excluding hydrogens is 375 g/mol. The quantitative estimate of drug-likeness (QED) is 0.391. The van der Waals surface area contributed by atoms with Crippen molar-refractivity contribution in [2.24, 2.45) is 0 Å². The number of hydrogen-bond donors (Lipinski definition) is 2. The van der Waals surface area contributed by atoms with Crippen molar-refractivity contribution in [1.82, 2.24) is 5.32 Å². The number of benzene rings is 1. The summed E-state index contributed by atoms with van der Waals surface area (Å²) in [6.07, 6.45) is -6.53. The molecule has 0 saturated heterocycles. The molecule has 1 aromatic rings. The van der Waals surface area contributed by atoms with Crippen molar-refractivity contribution < 1.29 is 26.7 Å². The largest absolute Gasteiger partial charge is 0.416 e. The van der Waals surface area contributed by atoms with E-state index in [-0.39, 0.29) is 29.4 Å². The number of carbonyl (C=O) groups excluding carboxylic acids is 1. The Balaban J connectivity index is 0.00000529. The summed E-state index contributed by atoms with van der Waals surface area (Å²) >= 11 is 0.700. The van der Waals surface area contributed by atoms with E-state index in [4.69, 9.17) is 0 Å². The van der Waals surface area contributed by atoms with Gasteiger partial charge in [-0.25, -0.2) is 8.78 Å². The van der Waals surface area contributed by atoms with Gasteiger partial charge in [0.15, 0.2) is 0 Å². The summed E-state index contributed by atoms with van der Waals surface area (Å²) in [6.45, 7) is 0.586. The van der Waals surface area contributed by atoms with Crippen LogP contribution in [0.1, 0.15) is 18.4 Å². The van der Waals surface area contributed by atoms with Gasteiger partial charge in [0.2, 0.25) is 12.3 Å². The summed E-state index contributed by atoms with van der Waals surface area (Å²) < 4.78 is 62.8. The van der Waals surface area contributed by atoms with Gasteiger partial charge < -0.3 is 10.6 Å². The molecule has 3 nitrogen and oxygen atoms in total. The van der Waals surface area contributed by atoms with Crippen LogP contribution in [0.2, 0.25) is 0 Å². The highest BCUT2D eigenvalue weighted by molar-refractivity contribution is 7.99. The highest BCUT2D eigenvalue weighted by Crippen LogP contribution is 2.36. The molecule has 138 valence electrons. The molecular formula is C14H18ClF5N2OS. The van der Waals surface area contributed by atoms with Gasteiger partial charge in [0.05, 0.1) is 17.0 Å². The molecule has 0 bridgehead atoms. The predicted molar refractivity (Wildman–Crippen MR) is 87.2 cm³/mol. The lowest BCUT2D eigenvalue weighted by atomic mass is 10.2. The zero-order chi connectivity index (χ0) is 17.5. The predicted octanol–water partition coefficient (Wildman–Crippen LogP) is 4.42. The fraction of sp³-hybridized carbons (Fsp3) is 0.500. The van der Waals surface area contributed by atoms with Crippen LogP contribution in [0.3, 0.4) is 0 Å². The molecule has 1 rings (SSSR count). The van der Waals surface area contributed by atoms with Crippen LogP contribution in [0.4, 0.5) is 27.6 Å². The maximum absolute atomic E-state index is 12.8. The number of thioether (sulfide) groups is 1. The maximum Gasteiger partial charge on any atom is 0.416 e. The number of amides is 1. The van der Waals surface area contributed by atoms with E-state index in [1.807, 2.05) is 0 Å². The third kappa shape index (κ3) is 8.16. The topological polar surface area (TPSA) is 41.1 Å². The number of anilines is 1. The monoisotopic (exact) mass is 392 g/mol. The lowest BCUT2D eigenvalue weighted by Gasteiger charge is -2.14. The number of nitrogens with one attached hydrogen (secondary N) is 2. The molecule has 1 amide bonds. The van der Waals surface area contributed by atoms with Crippen molar-refractivity contribution in [2.45, 2.75) is 30.3 Å². The second-order valence-corrected chi connectivity index (χ2v) is 5.73. The zero-order valence-corrected chi connectivity index (χ0v) is 14.4. The molecule has 0 saturated carbocycles. The van der Waals surface area contributed by atoms with Crippen molar-refractivity contribution >= 4 is 35.8 Å². The van der Waals surface area contributed by atoms with Gasteiger partial charge in [0, 0.05) is 11.3 Å². The molecule has 0 aromatic heterocycles. The van der Waals surface area contributed by atoms with Crippen molar-refractivity contribution in [3.8, 4) is 0 Å². The lowest BCUT2D eigenvalue weighted by Crippen LogP contribution is -2.16. The fourth-order valence-electron chi connectivity index (χ4n) is 1.72. The average Bonchev–Trinajstić information content (AvgIpc) is 2.45. The van der Waals surface area contributed by atoms with Crippen LogP contribution in [0, 0.1) is 0 Å². The Morgan fingerprint density at radius 1 is 1.29 bits per heavy atom. The highest BCUT2D eigenvalue weighted by atomic mass is 35.5. The van der Waals surface area contributed by atoms with Gasteiger partial charge in [-0.1, -0.05) is 0 Å². The van der Waals surface area contributed by atoms with Crippen molar-refractivity contribution in [1.29, 1.82) is 0 Å². The molecule has 0 aliphatic heterocycles. The van der Waals surface area contributed by atoms with Gasteiger partial charge in [-0.2, -0.15) is 13.2 Å². The summed E-state index contributed by atoms with van der Waals surface area (Å²) in [6, 6.07) is 2.67. The Morgan fingerprint density at radius 3 is 2.50 bits per heavy atom. The van der Waals surface area contributed by atoms with Crippen molar-refractivity contribution in [2.75, 3.05) is 24.7 Å². The molecule has 0 aliphatic carbocycles. The molecule has 0 atom stereocenters. The van der Waals surface area contributed by atoms with Gasteiger partial charge in [0.1, 0.15) is 0 Å². The van der Waals surface area contributed by atoms with Crippen LogP contribution in [-0.4, -0.2) is 31.7 Å². The SMILES string of the molecule is CNCCCC(=O)Nc1cc(C(F)(F)F)ccc1SCC(F)F.Cl. The van der Waals surface area contributed by atoms with E-state index in [9.17, 15) is 26.7 Å². The normalized spacial score (nSPS) is 11.3. The molecule has 1 aromatic carbocycles. The first-order valence-electron chi connectivity index (χ1n) is 6.80. The standard InChI is InChI=1S/C14H17F5N2OS.ClH/c1-20-6-2-3-13(22)21-10-7-9(14(17,18)19)4-5-11(10)23-8-12(15)16;/h4-5,7,12,20H,2-3,6,8H2,1H3,(H,21,22);1H. The van der Waals surface area contributed by atoms with E-state index in [2.05, 4.69) is 10.6 Å². The molecule has 0 aliphatic rings. The first-order valence-corrected chi connectivity index (χ1v) is 7.79. The number of alkyl halides is 5. The summed E-state index contributed by atoms with van der Waals surface area (Å²) in [5, 5.41) is 5.22. The zero-order valence-electron chi connectivity index (χ0n) is 12.8.